The van der Waals surface area contributed by atoms with Crippen LogP contribution in [0.2, 0.25) is 0 Å². The molecule has 0 radical (unpaired) electrons. The Morgan fingerprint density at radius 1 is 0.795 bits per heavy atom. The maximum atomic E-state index is 9.81. The van der Waals surface area contributed by atoms with Crippen molar-refractivity contribution in [3.63, 3.8) is 0 Å². The Kier molecular flexibility index (Phi) is 8.98. The van der Waals surface area contributed by atoms with Crippen molar-refractivity contribution in [2.75, 3.05) is 38.9 Å². The van der Waals surface area contributed by atoms with Crippen LogP contribution >= 0.6 is 11.6 Å². The van der Waals surface area contributed by atoms with Crippen molar-refractivity contribution >= 4 is 11.6 Å². The first kappa shape index (κ1) is 27.8. The van der Waals surface area contributed by atoms with Gasteiger partial charge < -0.3 is 28.8 Å². The highest BCUT2D eigenvalue weighted by atomic mass is 35.5. The molecule has 5 rings (SSSR count). The maximum absolute atomic E-state index is 9.81. The normalized spacial score (nSPS) is 18.5. The molecule has 0 aliphatic carbocycles. The molecule has 0 saturated carbocycles. The summed E-state index contributed by atoms with van der Waals surface area (Å²) in [5.41, 5.74) is 8.04. The molecule has 2 aliphatic rings. The van der Waals surface area contributed by atoms with Crippen molar-refractivity contribution < 1.29 is 28.8 Å². The summed E-state index contributed by atoms with van der Waals surface area (Å²) in [7, 11) is 0. The molecule has 39 heavy (non-hydrogen) atoms. The van der Waals surface area contributed by atoms with Gasteiger partial charge in [-0.15, -0.1) is 11.6 Å². The van der Waals surface area contributed by atoms with Crippen LogP contribution in [0.25, 0.3) is 0 Å². The van der Waals surface area contributed by atoms with E-state index in [0.29, 0.717) is 13.2 Å². The first-order valence-corrected chi connectivity index (χ1v) is 14.1. The second-order valence-electron chi connectivity index (χ2n) is 10.5. The minimum absolute atomic E-state index is 0.142. The van der Waals surface area contributed by atoms with Gasteiger partial charge in [0.1, 0.15) is 55.4 Å². The van der Waals surface area contributed by atoms with E-state index in [1.807, 2.05) is 12.1 Å². The molecule has 0 spiro atoms. The predicted octanol–water partition coefficient (Wildman–Crippen LogP) is 5.33. The number of halogens is 1. The van der Waals surface area contributed by atoms with Crippen molar-refractivity contribution in [3.8, 4) is 17.2 Å². The largest absolute Gasteiger partial charge is 0.491 e. The standard InChI is InChI=1S/C32H37ClO6/c1-20-7-8-23(12-31(20)38-18-28-16-35-28)9-26-11-24(13-32(22(26)3)39-19-29-17-36-29)10-25-5-4-6-30(21(25)2)37-15-27(34)14-33/h4-8,11-13,27-29,34H,9-10,14-19H2,1-3H3. The first-order chi connectivity index (χ1) is 18.9. The second kappa shape index (κ2) is 12.6. The lowest BCUT2D eigenvalue weighted by atomic mass is 9.93. The first-order valence-electron chi connectivity index (χ1n) is 13.6. The van der Waals surface area contributed by atoms with Crippen molar-refractivity contribution in [1.29, 1.82) is 0 Å². The van der Waals surface area contributed by atoms with E-state index in [4.69, 9.17) is 35.3 Å². The zero-order valence-electron chi connectivity index (χ0n) is 22.9. The average molecular weight is 553 g/mol. The van der Waals surface area contributed by atoms with Gasteiger partial charge in [0.25, 0.3) is 0 Å². The summed E-state index contributed by atoms with van der Waals surface area (Å²) >= 11 is 5.73. The average Bonchev–Trinajstić information content (AvgIpc) is 3.85. The van der Waals surface area contributed by atoms with E-state index in [9.17, 15) is 5.11 Å². The Morgan fingerprint density at radius 3 is 2.13 bits per heavy atom. The van der Waals surface area contributed by atoms with Crippen LogP contribution in [0.15, 0.2) is 48.5 Å². The molecule has 1 N–H and O–H groups in total. The fraction of sp³-hybridized carbons (Fsp3) is 0.438. The van der Waals surface area contributed by atoms with E-state index in [-0.39, 0.29) is 24.7 Å². The fourth-order valence-electron chi connectivity index (χ4n) is 4.53. The summed E-state index contributed by atoms with van der Waals surface area (Å²) < 4.78 is 28.8. The lowest BCUT2D eigenvalue weighted by molar-refractivity contribution is 0.125. The number of alkyl halides is 1. The van der Waals surface area contributed by atoms with Crippen LogP contribution in [0, 0.1) is 20.8 Å². The van der Waals surface area contributed by atoms with Gasteiger partial charge in [0.15, 0.2) is 0 Å². The van der Waals surface area contributed by atoms with Crippen molar-refractivity contribution in [1.82, 2.24) is 0 Å². The van der Waals surface area contributed by atoms with Gasteiger partial charge in [-0.2, -0.15) is 0 Å². The minimum atomic E-state index is -0.695. The smallest absolute Gasteiger partial charge is 0.122 e. The van der Waals surface area contributed by atoms with E-state index in [1.54, 1.807) is 0 Å². The van der Waals surface area contributed by atoms with Crippen molar-refractivity contribution in [3.05, 3.63) is 87.5 Å². The van der Waals surface area contributed by atoms with Gasteiger partial charge in [0, 0.05) is 0 Å². The van der Waals surface area contributed by atoms with Crippen molar-refractivity contribution in [2.24, 2.45) is 0 Å². The second-order valence-corrected chi connectivity index (χ2v) is 10.8. The summed E-state index contributed by atoms with van der Waals surface area (Å²) in [5, 5.41) is 9.81. The number of rotatable bonds is 14. The lowest BCUT2D eigenvalue weighted by Crippen LogP contribution is -2.19. The number of aliphatic hydroxyl groups excluding tert-OH is 1. The molecule has 3 unspecified atom stereocenters. The molecule has 3 atom stereocenters. The molecule has 3 aromatic carbocycles. The molecule has 2 fully saturated rings. The number of aryl methyl sites for hydroxylation is 1. The Balaban J connectivity index is 1.39. The molecule has 7 heteroatoms. The van der Waals surface area contributed by atoms with Gasteiger partial charge in [0.05, 0.1) is 19.1 Å². The van der Waals surface area contributed by atoms with Gasteiger partial charge in [-0.25, -0.2) is 0 Å². The number of aliphatic hydroxyl groups is 1. The number of epoxide rings is 2. The van der Waals surface area contributed by atoms with Gasteiger partial charge in [-0.3, -0.25) is 0 Å². The quantitative estimate of drug-likeness (QED) is 0.215. The molecule has 0 amide bonds. The number of ether oxygens (including phenoxy) is 5. The van der Waals surface area contributed by atoms with E-state index in [0.717, 1.165) is 71.1 Å². The molecule has 3 aromatic rings. The Hall–Kier alpha value is -2.77. The summed E-state index contributed by atoms with van der Waals surface area (Å²) in [6.45, 7) is 9.10. The van der Waals surface area contributed by atoms with Gasteiger partial charge >= 0.3 is 0 Å². The monoisotopic (exact) mass is 552 g/mol. The van der Waals surface area contributed by atoms with Crippen LogP contribution in [0.4, 0.5) is 0 Å². The van der Waals surface area contributed by atoms with E-state index < -0.39 is 6.10 Å². The molecule has 208 valence electrons. The highest BCUT2D eigenvalue weighted by Crippen LogP contribution is 2.31. The van der Waals surface area contributed by atoms with Crippen LogP contribution in [-0.2, 0) is 22.3 Å². The molecular weight excluding hydrogens is 516 g/mol. The topological polar surface area (TPSA) is 73.0 Å². The molecule has 6 nitrogen and oxygen atoms in total. The number of hydrogen-bond donors (Lipinski definition) is 1. The highest BCUT2D eigenvalue weighted by Gasteiger charge is 2.24. The fourth-order valence-corrected chi connectivity index (χ4v) is 4.62. The Morgan fingerprint density at radius 2 is 1.44 bits per heavy atom. The highest BCUT2D eigenvalue weighted by molar-refractivity contribution is 6.18. The Bertz CT molecular complexity index is 1280. The zero-order valence-corrected chi connectivity index (χ0v) is 23.6. The van der Waals surface area contributed by atoms with Crippen LogP contribution < -0.4 is 14.2 Å². The van der Waals surface area contributed by atoms with Gasteiger partial charge in [0.2, 0.25) is 0 Å². The van der Waals surface area contributed by atoms with Gasteiger partial charge in [-0.05, 0) is 90.8 Å². The third-order valence-corrected chi connectivity index (χ3v) is 7.59. The van der Waals surface area contributed by atoms with Crippen molar-refractivity contribution in [2.45, 2.75) is 51.9 Å². The molecule has 0 aromatic heterocycles. The summed E-state index contributed by atoms with van der Waals surface area (Å²) in [6, 6.07) is 16.9. The third-order valence-electron chi connectivity index (χ3n) is 7.23. The van der Waals surface area contributed by atoms with Gasteiger partial charge in [-0.1, -0.05) is 30.3 Å². The Labute approximate surface area is 235 Å². The lowest BCUT2D eigenvalue weighted by Gasteiger charge is -2.18. The SMILES string of the molecule is Cc1ccc(Cc2cc(Cc3cccc(OCC(O)CCl)c3C)cc(OCC3CO3)c2C)cc1OCC1CO1. The van der Waals surface area contributed by atoms with Crippen LogP contribution in [0.5, 0.6) is 17.2 Å². The molecule has 2 aliphatic heterocycles. The number of benzene rings is 3. The molecule has 0 bridgehead atoms. The molecule has 2 heterocycles. The van der Waals surface area contributed by atoms with E-state index >= 15 is 0 Å². The maximum Gasteiger partial charge on any atom is 0.122 e. The molecule has 2 saturated heterocycles. The minimum Gasteiger partial charge on any atom is -0.491 e. The number of hydrogen-bond acceptors (Lipinski definition) is 6. The molecular formula is C32H37ClO6. The van der Waals surface area contributed by atoms with Crippen LogP contribution in [0.1, 0.15) is 38.9 Å². The van der Waals surface area contributed by atoms with Crippen LogP contribution in [-0.4, -0.2) is 62.3 Å². The summed E-state index contributed by atoms with van der Waals surface area (Å²) in [4.78, 5) is 0. The predicted molar refractivity (Wildman–Crippen MR) is 152 cm³/mol. The third kappa shape index (κ3) is 7.67. The summed E-state index contributed by atoms with van der Waals surface area (Å²) in [5.74, 6) is 2.70. The van der Waals surface area contributed by atoms with E-state index in [1.165, 1.54) is 11.1 Å². The van der Waals surface area contributed by atoms with Crippen LogP contribution in [0.3, 0.4) is 0 Å². The summed E-state index contributed by atoms with van der Waals surface area (Å²) in [6.07, 6.45) is 1.21. The zero-order chi connectivity index (χ0) is 27.4. The van der Waals surface area contributed by atoms with E-state index in [2.05, 4.69) is 57.2 Å².